The van der Waals surface area contributed by atoms with Crippen molar-refractivity contribution >= 4 is 29.5 Å². The summed E-state index contributed by atoms with van der Waals surface area (Å²) in [5.74, 6) is -0.682. The number of cyclic esters (lactones) is 1. The Morgan fingerprint density at radius 1 is 1.67 bits per heavy atom. The molecule has 3 N–H and O–H groups in total. The largest absolute Gasteiger partial charge is 0.493 e. The third-order valence-corrected chi connectivity index (χ3v) is 3.48. The van der Waals surface area contributed by atoms with E-state index in [1.807, 2.05) is 5.43 Å². The van der Waals surface area contributed by atoms with Crippen LogP contribution in [0.1, 0.15) is 31.1 Å². The molecule has 1 atom stereocenters. The number of carbonyl (C=O) groups is 2. The first-order valence-corrected chi connectivity index (χ1v) is 7.35. The lowest BCUT2D eigenvalue weighted by Gasteiger charge is -2.19. The maximum Gasteiger partial charge on any atom is 0.425 e. The highest BCUT2D eigenvalue weighted by Crippen LogP contribution is 2.38. The van der Waals surface area contributed by atoms with Crippen molar-refractivity contribution in [2.24, 2.45) is 5.10 Å². The Labute approximate surface area is 141 Å². The van der Waals surface area contributed by atoms with Crippen molar-refractivity contribution in [2.45, 2.75) is 20.0 Å². The normalized spacial score (nSPS) is 17.2. The van der Waals surface area contributed by atoms with E-state index in [9.17, 15) is 14.0 Å². The standard InChI is InChI=1S/C14H15ClFN3O5/c1-3-23-12-7(6(2)18-19-13(20)21)4-8(15)11(16)10(12)9-5-17-14(22)24-9/h4,9,19H,3,5H2,1-2H3,(H,17,22)(H,20,21)/b18-6+. The topological polar surface area (TPSA) is 109 Å². The maximum atomic E-state index is 14.5. The number of hydrogen-bond acceptors (Lipinski definition) is 5. The molecule has 1 aromatic rings. The lowest BCUT2D eigenvalue weighted by atomic mass is 10.0. The smallest absolute Gasteiger partial charge is 0.425 e. The zero-order chi connectivity index (χ0) is 17.9. The van der Waals surface area contributed by atoms with E-state index in [0.717, 1.165) is 0 Å². The first-order chi connectivity index (χ1) is 11.3. The van der Waals surface area contributed by atoms with E-state index in [4.69, 9.17) is 26.2 Å². The fourth-order valence-electron chi connectivity index (χ4n) is 2.23. The molecule has 0 spiro atoms. The van der Waals surface area contributed by atoms with Crippen molar-refractivity contribution in [1.82, 2.24) is 10.7 Å². The van der Waals surface area contributed by atoms with Crippen molar-refractivity contribution in [3.63, 3.8) is 0 Å². The highest BCUT2D eigenvalue weighted by molar-refractivity contribution is 6.31. The van der Waals surface area contributed by atoms with E-state index in [2.05, 4.69) is 10.4 Å². The molecule has 0 bridgehead atoms. The fourth-order valence-corrected chi connectivity index (χ4v) is 2.44. The quantitative estimate of drug-likeness (QED) is 0.553. The predicted molar refractivity (Wildman–Crippen MR) is 83.2 cm³/mol. The number of amides is 2. The van der Waals surface area contributed by atoms with Gasteiger partial charge in [0.15, 0.2) is 11.9 Å². The highest BCUT2D eigenvalue weighted by Gasteiger charge is 2.33. The molecule has 0 aliphatic carbocycles. The number of carbonyl (C=O) groups excluding carboxylic acids is 1. The first kappa shape index (κ1) is 17.8. The molecule has 8 nitrogen and oxygen atoms in total. The Kier molecular flexibility index (Phi) is 5.45. The van der Waals surface area contributed by atoms with Gasteiger partial charge in [-0.25, -0.2) is 19.4 Å². The summed E-state index contributed by atoms with van der Waals surface area (Å²) in [5.41, 5.74) is 2.33. The Balaban J connectivity index is 2.58. The second kappa shape index (κ2) is 7.35. The van der Waals surface area contributed by atoms with Crippen molar-refractivity contribution < 1.29 is 28.6 Å². The van der Waals surface area contributed by atoms with Crippen LogP contribution in [-0.4, -0.2) is 36.2 Å². The molecule has 130 valence electrons. The van der Waals surface area contributed by atoms with Gasteiger partial charge >= 0.3 is 12.2 Å². The molecule has 2 amide bonds. The van der Waals surface area contributed by atoms with E-state index < -0.39 is 24.1 Å². The van der Waals surface area contributed by atoms with Gasteiger partial charge in [0.2, 0.25) is 0 Å². The lowest BCUT2D eigenvalue weighted by molar-refractivity contribution is 0.137. The maximum absolute atomic E-state index is 14.5. The summed E-state index contributed by atoms with van der Waals surface area (Å²) in [4.78, 5) is 21.8. The minimum atomic E-state index is -1.35. The molecule has 1 unspecified atom stereocenters. The summed E-state index contributed by atoms with van der Waals surface area (Å²) in [5, 5.41) is 14.5. The van der Waals surface area contributed by atoms with Crippen LogP contribution < -0.4 is 15.5 Å². The van der Waals surface area contributed by atoms with Gasteiger partial charge in [0.05, 0.1) is 29.4 Å². The van der Waals surface area contributed by atoms with Crippen LogP contribution in [0.4, 0.5) is 14.0 Å². The van der Waals surface area contributed by atoms with E-state index >= 15 is 0 Å². The highest BCUT2D eigenvalue weighted by atomic mass is 35.5. The molecule has 1 fully saturated rings. The van der Waals surface area contributed by atoms with Crippen molar-refractivity contribution in [3.05, 3.63) is 28.0 Å². The van der Waals surface area contributed by atoms with Gasteiger partial charge in [0.25, 0.3) is 0 Å². The fraction of sp³-hybridized carbons (Fsp3) is 0.357. The Morgan fingerprint density at radius 3 is 2.92 bits per heavy atom. The minimum absolute atomic E-state index is 0.0254. The number of ether oxygens (including phenoxy) is 2. The number of carboxylic acid groups (broad SMARTS) is 1. The third kappa shape index (κ3) is 3.67. The molecule has 2 rings (SSSR count). The Hall–Kier alpha value is -2.55. The van der Waals surface area contributed by atoms with Crippen LogP contribution in [0.3, 0.4) is 0 Å². The van der Waals surface area contributed by atoms with E-state index in [0.29, 0.717) is 0 Å². The van der Waals surface area contributed by atoms with Crippen LogP contribution in [0.25, 0.3) is 0 Å². The number of nitrogens with one attached hydrogen (secondary N) is 2. The second-order valence-corrected chi connectivity index (χ2v) is 5.19. The predicted octanol–water partition coefficient (Wildman–Crippen LogP) is 2.65. The molecule has 1 aliphatic rings. The van der Waals surface area contributed by atoms with Gasteiger partial charge in [0.1, 0.15) is 5.75 Å². The number of benzene rings is 1. The summed E-state index contributed by atoms with van der Waals surface area (Å²) >= 11 is 5.93. The molecule has 1 heterocycles. The number of nitrogens with zero attached hydrogens (tertiary/aromatic N) is 1. The molecular formula is C14H15ClFN3O5. The number of rotatable bonds is 5. The van der Waals surface area contributed by atoms with Crippen LogP contribution >= 0.6 is 11.6 Å². The summed E-state index contributed by atoms with van der Waals surface area (Å²) in [6.45, 7) is 3.46. The molecule has 0 aromatic heterocycles. The number of hydrogen-bond donors (Lipinski definition) is 3. The molecule has 0 radical (unpaired) electrons. The van der Waals surface area contributed by atoms with Gasteiger partial charge in [-0.2, -0.15) is 5.10 Å². The number of halogens is 2. The molecule has 24 heavy (non-hydrogen) atoms. The van der Waals surface area contributed by atoms with Crippen molar-refractivity contribution in [3.8, 4) is 5.75 Å². The van der Waals surface area contributed by atoms with Gasteiger partial charge in [-0.05, 0) is 19.9 Å². The average molecular weight is 360 g/mol. The monoisotopic (exact) mass is 359 g/mol. The SMILES string of the molecule is CCOc1c(/C(C)=N/NC(=O)O)cc(Cl)c(F)c1C1CNC(=O)O1. The number of hydrazone groups is 1. The Morgan fingerprint density at radius 2 is 2.38 bits per heavy atom. The third-order valence-electron chi connectivity index (χ3n) is 3.21. The van der Waals surface area contributed by atoms with Gasteiger partial charge in [-0.1, -0.05) is 11.6 Å². The molecule has 1 saturated heterocycles. The minimum Gasteiger partial charge on any atom is -0.493 e. The van der Waals surface area contributed by atoms with Crippen molar-refractivity contribution in [2.75, 3.05) is 13.2 Å². The van der Waals surface area contributed by atoms with Crippen LogP contribution in [0, 0.1) is 5.82 Å². The van der Waals surface area contributed by atoms with Gasteiger partial charge in [0, 0.05) is 5.56 Å². The lowest BCUT2D eigenvalue weighted by Crippen LogP contribution is -2.18. The van der Waals surface area contributed by atoms with E-state index in [-0.39, 0.29) is 40.8 Å². The summed E-state index contributed by atoms with van der Waals surface area (Å²) in [6.07, 6.45) is -2.95. The van der Waals surface area contributed by atoms with Gasteiger partial charge in [-0.15, -0.1) is 0 Å². The summed E-state index contributed by atoms with van der Waals surface area (Å²) < 4.78 is 25.1. The zero-order valence-corrected chi connectivity index (χ0v) is 13.6. The molecule has 1 aliphatic heterocycles. The van der Waals surface area contributed by atoms with Gasteiger partial charge < -0.3 is 19.9 Å². The van der Waals surface area contributed by atoms with Gasteiger partial charge in [-0.3, -0.25) is 0 Å². The molecule has 0 saturated carbocycles. The molecule has 1 aromatic carbocycles. The first-order valence-electron chi connectivity index (χ1n) is 6.97. The second-order valence-electron chi connectivity index (χ2n) is 4.78. The van der Waals surface area contributed by atoms with Crippen molar-refractivity contribution in [1.29, 1.82) is 0 Å². The van der Waals surface area contributed by atoms with Crippen LogP contribution in [0.15, 0.2) is 11.2 Å². The van der Waals surface area contributed by atoms with Crippen LogP contribution in [-0.2, 0) is 4.74 Å². The number of alkyl carbamates (subject to hydrolysis) is 1. The summed E-state index contributed by atoms with van der Waals surface area (Å²) in [7, 11) is 0. The molecular weight excluding hydrogens is 345 g/mol. The van der Waals surface area contributed by atoms with E-state index in [1.54, 1.807) is 6.92 Å². The zero-order valence-electron chi connectivity index (χ0n) is 12.9. The Bertz CT molecular complexity index is 710. The van der Waals surface area contributed by atoms with Crippen LogP contribution in [0.5, 0.6) is 5.75 Å². The average Bonchev–Trinajstić information content (AvgIpc) is 2.94. The van der Waals surface area contributed by atoms with E-state index in [1.165, 1.54) is 13.0 Å². The molecule has 10 heteroatoms. The summed E-state index contributed by atoms with van der Waals surface area (Å²) in [6, 6.07) is 1.28. The van der Waals surface area contributed by atoms with Crippen LogP contribution in [0.2, 0.25) is 5.02 Å².